The van der Waals surface area contributed by atoms with Gasteiger partial charge < -0.3 is 24.3 Å². The number of ether oxygens (including phenoxy) is 4. The van der Waals surface area contributed by atoms with Gasteiger partial charge in [0.15, 0.2) is 0 Å². The molecule has 2 aromatic carbocycles. The van der Waals surface area contributed by atoms with E-state index in [1.54, 1.807) is 26.6 Å². The van der Waals surface area contributed by atoms with Gasteiger partial charge in [-0.1, -0.05) is 12.1 Å². The molecule has 2 aromatic heterocycles. The number of aromatic nitrogens is 2. The number of anilines is 1. The number of carbonyl (C=O) groups is 1. The van der Waals surface area contributed by atoms with Crippen LogP contribution in [0, 0.1) is 19.8 Å². The molecule has 232 valence electrons. The van der Waals surface area contributed by atoms with Gasteiger partial charge in [0, 0.05) is 66.6 Å². The second kappa shape index (κ2) is 19.9. The fourth-order valence-corrected chi connectivity index (χ4v) is 4.34. The Morgan fingerprint density at radius 3 is 1.82 bits per heavy atom. The number of pyridine rings is 2. The van der Waals surface area contributed by atoms with E-state index in [0.29, 0.717) is 6.42 Å². The molecule has 0 spiro atoms. The zero-order valence-corrected chi connectivity index (χ0v) is 31.0. The number of carbonyl (C=O) groups excluding carboxylic acids is 1. The first-order valence-corrected chi connectivity index (χ1v) is 13.9. The van der Waals surface area contributed by atoms with Crippen LogP contribution in [0.15, 0.2) is 79.1 Å². The summed E-state index contributed by atoms with van der Waals surface area (Å²) >= 11 is 0. The maximum atomic E-state index is 10.9. The Labute approximate surface area is 288 Å². The van der Waals surface area contributed by atoms with Crippen molar-refractivity contribution >= 4 is 11.7 Å². The Bertz CT molecular complexity index is 1380. The third kappa shape index (κ3) is 11.7. The molecule has 10 heteroatoms. The summed E-state index contributed by atoms with van der Waals surface area (Å²) in [4.78, 5) is 18.9. The van der Waals surface area contributed by atoms with E-state index < -0.39 is 0 Å². The van der Waals surface area contributed by atoms with Crippen molar-refractivity contribution in [2.24, 2.45) is 0 Å². The summed E-state index contributed by atoms with van der Waals surface area (Å²) in [7, 11) is 3.35. The first-order valence-electron chi connectivity index (χ1n) is 13.9. The molecule has 3 aliphatic rings. The van der Waals surface area contributed by atoms with E-state index in [2.05, 4.69) is 28.1 Å². The first-order chi connectivity index (χ1) is 20.6. The van der Waals surface area contributed by atoms with Crippen molar-refractivity contribution in [3.05, 3.63) is 114 Å². The van der Waals surface area contributed by atoms with E-state index in [1.165, 1.54) is 11.1 Å². The van der Waals surface area contributed by atoms with Gasteiger partial charge in [-0.25, -0.2) is 4.98 Å². The van der Waals surface area contributed by atoms with E-state index in [-0.39, 0.29) is 48.0 Å². The van der Waals surface area contributed by atoms with Crippen molar-refractivity contribution in [2.75, 3.05) is 32.8 Å². The number of nitrogens with zero attached hydrogens (tertiary/aromatic N) is 2. The predicted octanol–water partition coefficient (Wildman–Crippen LogP) is 6.02. The molecule has 7 rings (SSSR count). The minimum Gasteiger partial charge on any atom is -0.525 e. The number of methoxy groups -OCH3 is 2. The third-order valence-corrected chi connectivity index (χ3v) is 6.56. The van der Waals surface area contributed by atoms with Gasteiger partial charge in [-0.2, -0.15) is 0 Å². The largest absolute Gasteiger partial charge is 0.525 e. The normalized spacial score (nSPS) is 13.3. The number of hydrogen-bond acceptors (Lipinski definition) is 7. The second-order valence-electron chi connectivity index (χ2n) is 9.59. The van der Waals surface area contributed by atoms with Crippen LogP contribution in [0.25, 0.3) is 0 Å². The molecule has 1 N–H and O–H groups in total. The maximum Gasteiger partial charge on any atom is 0.225 e. The number of nitrogens with one attached hydrogen (secondary N) is 1. The van der Waals surface area contributed by atoms with Gasteiger partial charge in [0.1, 0.15) is 28.8 Å². The van der Waals surface area contributed by atoms with E-state index in [0.717, 1.165) is 72.5 Å². The molecular weight excluding hydrogens is 898 g/mol. The van der Waals surface area contributed by atoms with E-state index in [9.17, 15) is 4.79 Å². The van der Waals surface area contributed by atoms with Gasteiger partial charge in [0.05, 0.1) is 14.2 Å². The molecule has 1 amide bonds. The average molecular weight is 935 g/mol. The first kappa shape index (κ1) is 37.0. The van der Waals surface area contributed by atoms with Crippen LogP contribution in [0.5, 0.6) is 23.0 Å². The number of benzene rings is 2. The molecule has 0 saturated heterocycles. The Kier molecular flexibility index (Phi) is 16.8. The van der Waals surface area contributed by atoms with Crippen LogP contribution >= 0.6 is 0 Å². The fraction of sp³-hybridized carbons (Fsp3) is 0.265. The summed E-state index contributed by atoms with van der Waals surface area (Å²) in [6, 6.07) is 21.5. The molecule has 0 saturated carbocycles. The number of aryl methyl sites for hydroxylation is 2. The van der Waals surface area contributed by atoms with Crippen LogP contribution in [0.3, 0.4) is 0 Å². The molecule has 5 heterocycles. The number of rotatable bonds is 2. The van der Waals surface area contributed by atoms with Gasteiger partial charge in [0.2, 0.25) is 5.91 Å². The van der Waals surface area contributed by atoms with E-state index >= 15 is 0 Å². The average Bonchev–Trinajstić information content (AvgIpc) is 3.05. The molecule has 0 unspecified atom stereocenters. The second-order valence-corrected chi connectivity index (χ2v) is 9.59. The Balaban J connectivity index is 0.000000205. The molecule has 0 atom stereocenters. The Morgan fingerprint density at radius 2 is 1.32 bits per heavy atom. The molecular formula is C34H37N3O5W2-2. The van der Waals surface area contributed by atoms with Crippen molar-refractivity contribution in [2.45, 2.75) is 32.6 Å². The smallest absolute Gasteiger partial charge is 0.225 e. The molecule has 0 aliphatic carbocycles. The van der Waals surface area contributed by atoms with Gasteiger partial charge in [-0.05, 0) is 97.8 Å². The summed E-state index contributed by atoms with van der Waals surface area (Å²) in [5, 5.41) is 2.71. The molecule has 8 nitrogen and oxygen atoms in total. The van der Waals surface area contributed by atoms with Crippen LogP contribution in [0.1, 0.15) is 28.8 Å². The van der Waals surface area contributed by atoms with Crippen molar-refractivity contribution in [1.29, 1.82) is 0 Å². The summed E-state index contributed by atoms with van der Waals surface area (Å²) in [6.45, 7) is 3.42. The summed E-state index contributed by atoms with van der Waals surface area (Å²) < 4.78 is 21.0. The Morgan fingerprint density at radius 1 is 0.727 bits per heavy atom. The van der Waals surface area contributed by atoms with Crippen LogP contribution in [-0.4, -0.2) is 43.3 Å². The molecule has 4 aromatic rings. The van der Waals surface area contributed by atoms with Gasteiger partial charge >= 0.3 is 0 Å². The van der Waals surface area contributed by atoms with Crippen LogP contribution in [0.2, 0.25) is 0 Å². The van der Waals surface area contributed by atoms with Crippen LogP contribution < -0.4 is 24.3 Å². The van der Waals surface area contributed by atoms with Gasteiger partial charge in [-0.15, -0.1) is 12.8 Å². The molecule has 3 aliphatic heterocycles. The number of amides is 1. The molecule has 0 bridgehead atoms. The van der Waals surface area contributed by atoms with E-state index in [4.69, 9.17) is 18.9 Å². The zero-order valence-electron chi connectivity index (χ0n) is 25.2. The van der Waals surface area contributed by atoms with Crippen molar-refractivity contribution in [3.8, 4) is 23.0 Å². The minimum atomic E-state index is 0. The third-order valence-electron chi connectivity index (χ3n) is 6.56. The van der Waals surface area contributed by atoms with Crippen molar-refractivity contribution < 1.29 is 65.9 Å². The maximum absolute atomic E-state index is 10.9. The fourth-order valence-electron chi connectivity index (χ4n) is 4.34. The quantitative estimate of drug-likeness (QED) is 0.246. The number of fused-ring (bicyclic) bond motifs is 3. The van der Waals surface area contributed by atoms with E-state index in [1.807, 2.05) is 73.7 Å². The van der Waals surface area contributed by atoms with Gasteiger partial charge in [0.25, 0.3) is 0 Å². The van der Waals surface area contributed by atoms with Crippen molar-refractivity contribution in [3.63, 3.8) is 0 Å². The summed E-state index contributed by atoms with van der Waals surface area (Å²) in [5.41, 5.74) is 4.62. The monoisotopic (exact) mass is 935 g/mol. The molecule has 0 fully saturated rings. The topological polar surface area (TPSA) is 91.8 Å². The van der Waals surface area contributed by atoms with Crippen LogP contribution in [-0.2, 0) is 66.2 Å². The standard InChI is InChI=1S/2C10H11O2.C8H8N2O.C6H7N.2W/c2*1-11-9-4-5-10-8(7-9)3-2-6-12-10;11-7-4-3-6-2-1-5-9-8(6)10-7;1-6-4-2-3-5-7-6;;/h2*2,4-5,7H,3,6H2,1H3;1-2,5H,3-4H2,(H,9,10,11);2-5H,1H3;;/q2*-1;;;;. The minimum absolute atomic E-state index is 0. The summed E-state index contributed by atoms with van der Waals surface area (Å²) in [6.07, 6.45) is 11.1. The van der Waals surface area contributed by atoms with Crippen molar-refractivity contribution in [1.82, 2.24) is 9.97 Å². The Hall–Kier alpha value is -3.21. The molecule has 44 heavy (non-hydrogen) atoms. The van der Waals surface area contributed by atoms with Crippen LogP contribution in [0.4, 0.5) is 5.82 Å². The van der Waals surface area contributed by atoms with Gasteiger partial charge in [-0.3, -0.25) is 22.6 Å². The number of hydrogen-bond donors (Lipinski definition) is 1. The molecule has 0 radical (unpaired) electrons. The SMILES string of the molecule is COc1ccc2c(c1)C[CH-]CO2.COc1ccc2c(c1)C[CH-]CO2.Cc1ccccn1.O=C1CCc2cccnc2N1.[W].[W]. The zero-order chi connectivity index (χ0) is 29.6. The predicted molar refractivity (Wildman–Crippen MR) is 163 cm³/mol. The summed E-state index contributed by atoms with van der Waals surface area (Å²) in [5.74, 6) is 4.55.